The summed E-state index contributed by atoms with van der Waals surface area (Å²) in [4.78, 5) is 21.9. The molecule has 0 spiro atoms. The minimum Gasteiger partial charge on any atom is -0.480 e. The molecule has 86 valence electrons. The Morgan fingerprint density at radius 2 is 1.94 bits per heavy atom. The topological polar surface area (TPSA) is 92.4 Å². The van der Waals surface area contributed by atoms with E-state index in [0.717, 1.165) is 5.56 Å². The van der Waals surface area contributed by atoms with E-state index in [0.29, 0.717) is 5.69 Å². The van der Waals surface area contributed by atoms with Crippen molar-refractivity contribution in [2.75, 3.05) is 5.73 Å². The molecule has 1 atom stereocenters. The minimum atomic E-state index is -1.05. The van der Waals surface area contributed by atoms with Gasteiger partial charge in [-0.05, 0) is 24.6 Å². The van der Waals surface area contributed by atoms with Gasteiger partial charge in [0, 0.05) is 5.69 Å². The van der Waals surface area contributed by atoms with Crippen LogP contribution in [0.3, 0.4) is 0 Å². The van der Waals surface area contributed by atoms with Crippen LogP contribution in [0.1, 0.15) is 12.5 Å². The van der Waals surface area contributed by atoms with E-state index in [1.807, 2.05) is 0 Å². The molecular formula is C11H14N2O3. The van der Waals surface area contributed by atoms with E-state index >= 15 is 0 Å². The Labute approximate surface area is 93.3 Å². The van der Waals surface area contributed by atoms with E-state index in [1.165, 1.54) is 6.92 Å². The fourth-order valence-corrected chi connectivity index (χ4v) is 1.18. The minimum absolute atomic E-state index is 0.151. The maximum Gasteiger partial charge on any atom is 0.325 e. The third-order valence-electron chi connectivity index (χ3n) is 2.09. The molecule has 0 saturated heterocycles. The number of carboxylic acid groups (broad SMARTS) is 1. The summed E-state index contributed by atoms with van der Waals surface area (Å²) in [6, 6.07) is 5.99. The van der Waals surface area contributed by atoms with Gasteiger partial charge < -0.3 is 16.2 Å². The predicted octanol–water partition coefficient (Wildman–Crippen LogP) is 0.401. The number of nitrogens with one attached hydrogen (secondary N) is 1. The zero-order valence-electron chi connectivity index (χ0n) is 8.93. The second-order valence-electron chi connectivity index (χ2n) is 3.55. The number of anilines is 1. The summed E-state index contributed by atoms with van der Waals surface area (Å²) >= 11 is 0. The molecule has 5 nitrogen and oxygen atoms in total. The first-order chi connectivity index (χ1) is 7.49. The highest BCUT2D eigenvalue weighted by Crippen LogP contribution is 2.05. The van der Waals surface area contributed by atoms with Crippen molar-refractivity contribution in [3.8, 4) is 0 Å². The van der Waals surface area contributed by atoms with Gasteiger partial charge >= 0.3 is 5.97 Å². The molecule has 0 heterocycles. The summed E-state index contributed by atoms with van der Waals surface area (Å²) in [5.41, 5.74) is 6.92. The van der Waals surface area contributed by atoms with Gasteiger partial charge in [-0.2, -0.15) is 0 Å². The fraction of sp³-hybridized carbons (Fsp3) is 0.273. The quantitative estimate of drug-likeness (QED) is 0.643. The highest BCUT2D eigenvalue weighted by Gasteiger charge is 2.13. The molecular weight excluding hydrogens is 208 g/mol. The van der Waals surface area contributed by atoms with Gasteiger partial charge in [-0.3, -0.25) is 9.59 Å². The number of nitrogens with two attached hydrogens (primary N) is 1. The lowest BCUT2D eigenvalue weighted by Gasteiger charge is -2.09. The van der Waals surface area contributed by atoms with Crippen LogP contribution in [0.2, 0.25) is 0 Å². The van der Waals surface area contributed by atoms with Crippen molar-refractivity contribution < 1.29 is 14.7 Å². The smallest absolute Gasteiger partial charge is 0.325 e. The van der Waals surface area contributed by atoms with E-state index < -0.39 is 12.0 Å². The van der Waals surface area contributed by atoms with Crippen molar-refractivity contribution in [1.29, 1.82) is 0 Å². The highest BCUT2D eigenvalue weighted by molar-refractivity contribution is 5.84. The summed E-state index contributed by atoms with van der Waals surface area (Å²) in [5, 5.41) is 11.0. The Morgan fingerprint density at radius 3 is 2.44 bits per heavy atom. The molecule has 16 heavy (non-hydrogen) atoms. The number of hydrogen-bond acceptors (Lipinski definition) is 3. The molecule has 0 bridgehead atoms. The standard InChI is InChI=1S/C11H14N2O3/c1-7(11(15)16)13-10(14)6-8-2-4-9(12)5-3-8/h2-5,7H,6,12H2,1H3,(H,13,14)(H,15,16). The SMILES string of the molecule is CC(NC(=O)Cc1ccc(N)cc1)C(=O)O. The zero-order valence-corrected chi connectivity index (χ0v) is 8.93. The van der Waals surface area contributed by atoms with E-state index in [4.69, 9.17) is 10.8 Å². The molecule has 0 radical (unpaired) electrons. The van der Waals surface area contributed by atoms with Crippen LogP contribution in [0.4, 0.5) is 5.69 Å². The van der Waals surface area contributed by atoms with Gasteiger partial charge in [0.1, 0.15) is 6.04 Å². The molecule has 0 saturated carbocycles. The molecule has 1 amide bonds. The number of rotatable bonds is 4. The van der Waals surface area contributed by atoms with E-state index in [-0.39, 0.29) is 12.3 Å². The average molecular weight is 222 g/mol. The number of carboxylic acids is 1. The largest absolute Gasteiger partial charge is 0.480 e. The number of carbonyl (C=O) groups is 2. The monoisotopic (exact) mass is 222 g/mol. The molecule has 0 aliphatic rings. The average Bonchev–Trinajstić information content (AvgIpc) is 2.21. The Balaban J connectivity index is 2.52. The normalized spacial score (nSPS) is 11.8. The fourth-order valence-electron chi connectivity index (χ4n) is 1.18. The lowest BCUT2D eigenvalue weighted by molar-refractivity contribution is -0.141. The molecule has 0 fully saturated rings. The summed E-state index contributed by atoms with van der Waals surface area (Å²) in [6.45, 7) is 1.42. The van der Waals surface area contributed by atoms with Crippen LogP contribution in [-0.2, 0) is 16.0 Å². The molecule has 0 aromatic heterocycles. The number of aliphatic carboxylic acids is 1. The Bertz CT molecular complexity index is 387. The maximum atomic E-state index is 11.4. The second-order valence-corrected chi connectivity index (χ2v) is 3.55. The van der Waals surface area contributed by atoms with E-state index in [2.05, 4.69) is 5.32 Å². The third-order valence-corrected chi connectivity index (χ3v) is 2.09. The zero-order chi connectivity index (χ0) is 12.1. The highest BCUT2D eigenvalue weighted by atomic mass is 16.4. The number of hydrogen-bond donors (Lipinski definition) is 3. The maximum absolute atomic E-state index is 11.4. The van der Waals surface area contributed by atoms with Crippen molar-refractivity contribution in [2.24, 2.45) is 0 Å². The first kappa shape index (κ1) is 12.0. The molecule has 1 rings (SSSR count). The molecule has 1 aromatic carbocycles. The van der Waals surface area contributed by atoms with Crippen LogP contribution in [0.25, 0.3) is 0 Å². The van der Waals surface area contributed by atoms with E-state index in [1.54, 1.807) is 24.3 Å². The van der Waals surface area contributed by atoms with Crippen molar-refractivity contribution in [3.05, 3.63) is 29.8 Å². The van der Waals surface area contributed by atoms with Crippen molar-refractivity contribution in [3.63, 3.8) is 0 Å². The summed E-state index contributed by atoms with van der Waals surface area (Å²) in [5.74, 6) is -1.37. The van der Waals surface area contributed by atoms with Crippen LogP contribution in [0.5, 0.6) is 0 Å². The van der Waals surface area contributed by atoms with Crippen molar-refractivity contribution >= 4 is 17.6 Å². The molecule has 4 N–H and O–H groups in total. The van der Waals surface area contributed by atoms with Crippen molar-refractivity contribution in [2.45, 2.75) is 19.4 Å². The Kier molecular flexibility index (Phi) is 3.88. The number of amides is 1. The Morgan fingerprint density at radius 1 is 1.38 bits per heavy atom. The second kappa shape index (κ2) is 5.16. The van der Waals surface area contributed by atoms with Gasteiger partial charge in [0.05, 0.1) is 6.42 Å². The first-order valence-electron chi connectivity index (χ1n) is 4.85. The van der Waals surface area contributed by atoms with Crippen LogP contribution < -0.4 is 11.1 Å². The first-order valence-corrected chi connectivity index (χ1v) is 4.85. The van der Waals surface area contributed by atoms with Gasteiger partial charge in [-0.25, -0.2) is 0 Å². The predicted molar refractivity (Wildman–Crippen MR) is 59.8 cm³/mol. The molecule has 0 aliphatic carbocycles. The van der Waals surface area contributed by atoms with Gasteiger partial charge in [0.15, 0.2) is 0 Å². The summed E-state index contributed by atoms with van der Waals surface area (Å²) in [6.07, 6.45) is 0.151. The van der Waals surface area contributed by atoms with E-state index in [9.17, 15) is 9.59 Å². The third kappa shape index (κ3) is 3.61. The molecule has 1 aromatic rings. The van der Waals surface area contributed by atoms with Gasteiger partial charge in [0.2, 0.25) is 5.91 Å². The van der Waals surface area contributed by atoms with Crippen molar-refractivity contribution in [1.82, 2.24) is 5.32 Å². The number of benzene rings is 1. The van der Waals surface area contributed by atoms with Gasteiger partial charge in [-0.15, -0.1) is 0 Å². The number of nitrogen functional groups attached to an aromatic ring is 1. The van der Waals surface area contributed by atoms with Gasteiger partial charge in [-0.1, -0.05) is 12.1 Å². The summed E-state index contributed by atoms with van der Waals surface area (Å²) < 4.78 is 0. The Hall–Kier alpha value is -2.04. The van der Waals surface area contributed by atoms with Crippen LogP contribution in [0, 0.1) is 0 Å². The number of carbonyl (C=O) groups excluding carboxylic acids is 1. The van der Waals surface area contributed by atoms with Crippen LogP contribution >= 0.6 is 0 Å². The lowest BCUT2D eigenvalue weighted by Crippen LogP contribution is -2.39. The van der Waals surface area contributed by atoms with Gasteiger partial charge in [0.25, 0.3) is 0 Å². The molecule has 1 unspecified atom stereocenters. The van der Waals surface area contributed by atoms with Crippen LogP contribution in [-0.4, -0.2) is 23.0 Å². The van der Waals surface area contributed by atoms with Crippen LogP contribution in [0.15, 0.2) is 24.3 Å². The molecule has 5 heteroatoms. The summed E-state index contributed by atoms with van der Waals surface area (Å²) in [7, 11) is 0. The lowest BCUT2D eigenvalue weighted by atomic mass is 10.1. The molecule has 0 aliphatic heterocycles.